The van der Waals surface area contributed by atoms with Crippen molar-refractivity contribution in [3.8, 4) is 0 Å². The highest BCUT2D eigenvalue weighted by Crippen LogP contribution is 1.61. The number of aliphatic hydroxyl groups is 1. The van der Waals surface area contributed by atoms with Gasteiger partial charge in [-0.3, -0.25) is 0 Å². The van der Waals surface area contributed by atoms with Gasteiger partial charge in [-0.1, -0.05) is 19.6 Å². The van der Waals surface area contributed by atoms with Gasteiger partial charge in [0.15, 0.2) is 0 Å². The summed E-state index contributed by atoms with van der Waals surface area (Å²) in [5.41, 5.74) is 0. The topological polar surface area (TPSA) is 20.2 Å². The lowest BCUT2D eigenvalue weighted by Gasteiger charge is -1.69. The van der Waals surface area contributed by atoms with E-state index in [0.717, 1.165) is 6.42 Å². The van der Waals surface area contributed by atoms with Crippen LogP contribution in [0.15, 0.2) is 6.58 Å². The second-order valence-corrected chi connectivity index (χ2v) is 1.08. The summed E-state index contributed by atoms with van der Waals surface area (Å²) in [5.74, 6) is 0. The molecule has 0 spiro atoms. The molecule has 1 N–H and O–H groups in total. The second-order valence-electron chi connectivity index (χ2n) is 1.08. The monoisotopic (exact) mass is 101 g/mol. The van der Waals surface area contributed by atoms with Crippen molar-refractivity contribution in [3.63, 3.8) is 0 Å². The third kappa shape index (κ3) is 159. The van der Waals surface area contributed by atoms with Crippen molar-refractivity contribution in [3.05, 3.63) is 12.7 Å². The van der Waals surface area contributed by atoms with Crippen LogP contribution < -0.4 is 0 Å². The molecule has 0 aromatic carbocycles. The van der Waals surface area contributed by atoms with E-state index in [1.165, 1.54) is 0 Å². The van der Waals surface area contributed by atoms with Gasteiger partial charge in [-0.2, -0.15) is 0 Å². The molecule has 0 fully saturated rings. The fraction of sp³-hybridized carbons (Fsp3) is 0.667. The van der Waals surface area contributed by atoms with Crippen molar-refractivity contribution in [2.75, 3.05) is 6.61 Å². The Bertz CT molecular complexity index is 23.4. The van der Waals surface area contributed by atoms with Crippen LogP contribution in [0.4, 0.5) is 0 Å². The smallest absolute Gasteiger partial charge is 0.0428 e. The van der Waals surface area contributed by atoms with E-state index in [4.69, 9.17) is 5.11 Å². The van der Waals surface area contributed by atoms with E-state index >= 15 is 0 Å². The molecule has 0 aliphatic carbocycles. The van der Waals surface area contributed by atoms with Crippen molar-refractivity contribution < 1.29 is 5.11 Å². The Labute approximate surface area is 45.7 Å². The lowest BCUT2D eigenvalue weighted by molar-refractivity contribution is 0.295. The largest absolute Gasteiger partial charge is 0.396 e. The quantitative estimate of drug-likeness (QED) is 0.529. The third-order valence-electron chi connectivity index (χ3n) is 0.224. The molecule has 0 rings (SSSR count). The van der Waals surface area contributed by atoms with Gasteiger partial charge in [0.1, 0.15) is 0 Å². The van der Waals surface area contributed by atoms with Gasteiger partial charge in [-0.05, 0) is 13.3 Å². The maximum Gasteiger partial charge on any atom is 0.0428 e. The predicted octanol–water partition coefficient (Wildman–Crippen LogP) is 1.38. The number of hydrogen-bond acceptors (Lipinski definition) is 1. The molecule has 0 unspecified atom stereocenters. The normalized spacial score (nSPS) is 6.14. The fourth-order valence-corrected chi connectivity index (χ4v) is 0. The van der Waals surface area contributed by atoms with E-state index in [9.17, 15) is 0 Å². The lowest BCUT2D eigenvalue weighted by Crippen LogP contribution is -1.69. The van der Waals surface area contributed by atoms with Crippen LogP contribution in [0.25, 0.3) is 0 Å². The first-order valence-corrected chi connectivity index (χ1v) is 2.38. The predicted molar refractivity (Wildman–Crippen MR) is 31.9 cm³/mol. The summed E-state index contributed by atoms with van der Waals surface area (Å²) in [4.78, 5) is 0. The zero-order chi connectivity index (χ0) is 6.12. The van der Waals surface area contributed by atoms with E-state index in [2.05, 4.69) is 12.7 Å². The van der Waals surface area contributed by atoms with E-state index in [0.29, 0.717) is 6.61 Å². The highest BCUT2D eigenvalue weighted by molar-refractivity contribution is 4.37. The Morgan fingerprint density at radius 2 is 1.86 bits per heavy atom. The van der Waals surface area contributed by atoms with Crippen molar-refractivity contribution in [1.29, 1.82) is 0 Å². The first kappa shape index (κ1) is 9.85. The summed E-state index contributed by atoms with van der Waals surface area (Å²) in [6, 6.07) is 0. The summed E-state index contributed by atoms with van der Waals surface area (Å²) >= 11 is 0. The van der Waals surface area contributed by atoms with Gasteiger partial charge in [0, 0.05) is 6.61 Å². The summed E-state index contributed by atoms with van der Waals surface area (Å²) in [6.07, 6.45) is 3.38. The molecule has 1 nitrogen and oxygen atoms in total. The minimum absolute atomic E-state index is 0.319. The molecule has 7 heavy (non-hydrogen) atoms. The molecule has 0 aliphatic heterocycles. The van der Waals surface area contributed by atoms with Crippen LogP contribution >= 0.6 is 0 Å². The van der Waals surface area contributed by atoms with Crippen LogP contribution in [0.2, 0.25) is 0 Å². The molecule has 0 aromatic rings. The Morgan fingerprint density at radius 1 is 1.71 bits per heavy atom. The van der Waals surface area contributed by atoms with E-state index in [1.807, 2.05) is 6.92 Å². The molecular weight excluding hydrogens is 88.1 g/mol. The van der Waals surface area contributed by atoms with Gasteiger partial charge in [0.05, 0.1) is 0 Å². The molecule has 0 amide bonds. The number of aliphatic hydroxyl groups excluding tert-OH is 1. The molecule has 0 aliphatic rings. The Morgan fingerprint density at radius 3 is 1.86 bits per heavy atom. The van der Waals surface area contributed by atoms with E-state index in [1.54, 1.807) is 6.92 Å². The van der Waals surface area contributed by atoms with Crippen molar-refractivity contribution in [1.82, 2.24) is 0 Å². The molecule has 1 radical (unpaired) electrons. The van der Waals surface area contributed by atoms with E-state index in [-0.39, 0.29) is 0 Å². The number of allylic oxidation sites excluding steroid dienone is 1. The highest BCUT2D eigenvalue weighted by atomic mass is 16.2. The van der Waals surface area contributed by atoms with Gasteiger partial charge in [-0.25, -0.2) is 0 Å². The molecule has 0 bridgehead atoms. The van der Waals surface area contributed by atoms with Crippen LogP contribution in [0.1, 0.15) is 20.3 Å². The van der Waals surface area contributed by atoms with Gasteiger partial charge >= 0.3 is 0 Å². The Kier molecular flexibility index (Phi) is 24.3. The average molecular weight is 101 g/mol. The highest BCUT2D eigenvalue weighted by Gasteiger charge is 1.57. The fourth-order valence-electron chi connectivity index (χ4n) is 0. The first-order valence-electron chi connectivity index (χ1n) is 2.38. The molecule has 0 saturated heterocycles. The molecule has 0 saturated carbocycles. The van der Waals surface area contributed by atoms with Gasteiger partial charge in [0.25, 0.3) is 0 Å². The summed E-state index contributed by atoms with van der Waals surface area (Å²) in [7, 11) is 0. The molecular formula is C6H13O. The molecule has 0 aromatic heterocycles. The van der Waals surface area contributed by atoms with Crippen molar-refractivity contribution in [2.24, 2.45) is 0 Å². The lowest BCUT2D eigenvalue weighted by atomic mass is 10.5. The maximum atomic E-state index is 7.88. The van der Waals surface area contributed by atoms with Gasteiger partial charge in [0.2, 0.25) is 0 Å². The molecule has 43 valence electrons. The summed E-state index contributed by atoms with van der Waals surface area (Å²) in [5, 5.41) is 7.88. The van der Waals surface area contributed by atoms with Gasteiger partial charge in [-0.15, -0.1) is 0 Å². The Hall–Kier alpha value is -0.300. The van der Waals surface area contributed by atoms with Crippen molar-refractivity contribution >= 4 is 0 Å². The van der Waals surface area contributed by atoms with Crippen LogP contribution in [-0.4, -0.2) is 11.7 Å². The third-order valence-corrected chi connectivity index (χ3v) is 0.224. The zero-order valence-corrected chi connectivity index (χ0v) is 5.07. The first-order chi connectivity index (χ1) is 3.33. The summed E-state index contributed by atoms with van der Waals surface area (Å²) < 4.78 is 0. The standard InChI is InChI=1S/C3H8O.C3H5/c1-2-3-4;1-3-2/h4H,2-3H2,1H3;1H2,2H3. The van der Waals surface area contributed by atoms with Crippen LogP contribution in [0.5, 0.6) is 0 Å². The van der Waals surface area contributed by atoms with Gasteiger partial charge < -0.3 is 5.11 Å². The van der Waals surface area contributed by atoms with Crippen LogP contribution in [0.3, 0.4) is 0 Å². The minimum atomic E-state index is 0.319. The summed E-state index contributed by atoms with van der Waals surface area (Å²) in [6.45, 7) is 7.25. The molecule has 1 heteroatoms. The minimum Gasteiger partial charge on any atom is -0.396 e. The maximum absolute atomic E-state index is 7.88. The zero-order valence-electron chi connectivity index (χ0n) is 5.07. The average Bonchev–Trinajstić information content (AvgIpc) is 1.69. The van der Waals surface area contributed by atoms with Crippen molar-refractivity contribution in [2.45, 2.75) is 20.3 Å². The van der Waals surface area contributed by atoms with E-state index < -0.39 is 0 Å². The van der Waals surface area contributed by atoms with Crippen LogP contribution in [0, 0.1) is 6.08 Å². The number of rotatable bonds is 1. The Balaban J connectivity index is 0. The SMILES string of the molecule is C=[C]C.CCCO. The second kappa shape index (κ2) is 17.3. The molecule has 0 atom stereocenters. The number of hydrogen-bond donors (Lipinski definition) is 1. The van der Waals surface area contributed by atoms with Crippen LogP contribution in [-0.2, 0) is 0 Å². The molecule has 0 heterocycles.